The maximum Gasteiger partial charge on any atom is 0.457 e. The van der Waals surface area contributed by atoms with Crippen molar-refractivity contribution in [2.75, 3.05) is 6.61 Å². The van der Waals surface area contributed by atoms with Gasteiger partial charge in [0.25, 0.3) is 0 Å². The van der Waals surface area contributed by atoms with Gasteiger partial charge in [0.2, 0.25) is 0 Å². The molecule has 0 rings (SSSR count). The molecule has 0 aromatic rings. The second-order valence-electron chi connectivity index (χ2n) is 5.40. The van der Waals surface area contributed by atoms with E-state index in [0.29, 0.717) is 0 Å². The van der Waals surface area contributed by atoms with E-state index in [4.69, 9.17) is 0 Å². The molecule has 0 spiro atoms. The standard InChI is InChI=1S/C13H19F5O5/c1-5-8(4)23-10(20)11(21,9(19)22-6-7(2)3)12(14,15)13(16,17)18/h7-8,21H,5-6H2,1-4H3. The molecular weight excluding hydrogens is 331 g/mol. The molecule has 23 heavy (non-hydrogen) atoms. The second kappa shape index (κ2) is 7.41. The molecule has 0 fully saturated rings. The summed E-state index contributed by atoms with van der Waals surface area (Å²) in [4.78, 5) is 23.3. The summed E-state index contributed by atoms with van der Waals surface area (Å²) in [5, 5.41) is 9.65. The summed E-state index contributed by atoms with van der Waals surface area (Å²) in [5.41, 5.74) is -4.82. The number of carbonyl (C=O) groups excluding carboxylic acids is 2. The van der Waals surface area contributed by atoms with E-state index in [2.05, 4.69) is 9.47 Å². The first-order valence-electron chi connectivity index (χ1n) is 6.77. The van der Waals surface area contributed by atoms with E-state index in [1.54, 1.807) is 0 Å². The summed E-state index contributed by atoms with van der Waals surface area (Å²) in [6, 6.07) is 0. The minimum atomic E-state index is -6.37. The SMILES string of the molecule is CCC(C)OC(=O)C(O)(C(=O)OCC(C)C)C(F)(F)C(F)(F)F. The Labute approximate surface area is 129 Å². The number of rotatable bonds is 7. The molecule has 0 aromatic heterocycles. The van der Waals surface area contributed by atoms with Gasteiger partial charge < -0.3 is 14.6 Å². The highest BCUT2D eigenvalue weighted by molar-refractivity contribution is 6.05. The Kier molecular flexibility index (Phi) is 6.95. The smallest absolute Gasteiger partial charge is 0.457 e. The summed E-state index contributed by atoms with van der Waals surface area (Å²) >= 11 is 0. The highest BCUT2D eigenvalue weighted by Gasteiger charge is 2.78. The highest BCUT2D eigenvalue weighted by atomic mass is 19.4. The third-order valence-corrected chi connectivity index (χ3v) is 2.83. The molecule has 2 atom stereocenters. The van der Waals surface area contributed by atoms with Gasteiger partial charge in [-0.3, -0.25) is 0 Å². The average molecular weight is 350 g/mol. The van der Waals surface area contributed by atoms with Gasteiger partial charge in [-0.2, -0.15) is 22.0 Å². The van der Waals surface area contributed by atoms with Crippen LogP contribution in [0.1, 0.15) is 34.1 Å². The van der Waals surface area contributed by atoms with Crippen molar-refractivity contribution in [1.29, 1.82) is 0 Å². The van der Waals surface area contributed by atoms with Crippen LogP contribution in [0.3, 0.4) is 0 Å². The van der Waals surface area contributed by atoms with Crippen LogP contribution in [-0.2, 0) is 19.1 Å². The van der Waals surface area contributed by atoms with E-state index in [9.17, 15) is 36.6 Å². The van der Waals surface area contributed by atoms with Crippen molar-refractivity contribution in [3.8, 4) is 0 Å². The minimum Gasteiger partial charge on any atom is -0.463 e. The van der Waals surface area contributed by atoms with Gasteiger partial charge in [-0.05, 0) is 19.3 Å². The second-order valence-corrected chi connectivity index (χ2v) is 5.40. The minimum absolute atomic E-state index is 0.0699. The van der Waals surface area contributed by atoms with Crippen molar-refractivity contribution < 1.29 is 46.1 Å². The Morgan fingerprint density at radius 2 is 1.52 bits per heavy atom. The molecule has 10 heteroatoms. The van der Waals surface area contributed by atoms with E-state index in [1.807, 2.05) is 0 Å². The van der Waals surface area contributed by atoms with E-state index in [0.717, 1.165) is 0 Å². The molecule has 0 bridgehead atoms. The topological polar surface area (TPSA) is 72.8 Å². The molecule has 1 N–H and O–H groups in total. The summed E-state index contributed by atoms with van der Waals surface area (Å²) in [7, 11) is 0. The third kappa shape index (κ3) is 4.52. The Balaban J connectivity index is 5.79. The van der Waals surface area contributed by atoms with Crippen molar-refractivity contribution in [1.82, 2.24) is 0 Å². The highest BCUT2D eigenvalue weighted by Crippen LogP contribution is 2.45. The van der Waals surface area contributed by atoms with Crippen LogP contribution in [0.4, 0.5) is 22.0 Å². The lowest BCUT2D eigenvalue weighted by Gasteiger charge is -2.33. The molecule has 0 amide bonds. The van der Waals surface area contributed by atoms with Gasteiger partial charge in [0.1, 0.15) is 0 Å². The van der Waals surface area contributed by atoms with Crippen LogP contribution in [0.5, 0.6) is 0 Å². The summed E-state index contributed by atoms with van der Waals surface area (Å²) < 4.78 is 73.3. The lowest BCUT2D eigenvalue weighted by Crippen LogP contribution is -2.67. The number of hydrogen-bond acceptors (Lipinski definition) is 5. The van der Waals surface area contributed by atoms with E-state index < -0.39 is 48.3 Å². The van der Waals surface area contributed by atoms with Crippen molar-refractivity contribution in [3.05, 3.63) is 0 Å². The molecule has 0 aromatic carbocycles. The number of esters is 2. The maximum atomic E-state index is 13.6. The monoisotopic (exact) mass is 350 g/mol. The fourth-order valence-electron chi connectivity index (χ4n) is 1.24. The molecule has 0 saturated heterocycles. The lowest BCUT2D eigenvalue weighted by molar-refractivity contribution is -0.334. The molecule has 0 aliphatic heterocycles. The van der Waals surface area contributed by atoms with Crippen molar-refractivity contribution in [2.24, 2.45) is 5.92 Å². The molecule has 0 saturated carbocycles. The van der Waals surface area contributed by atoms with Crippen LogP contribution in [-0.4, -0.2) is 47.5 Å². The zero-order chi connectivity index (χ0) is 18.6. The number of halogens is 5. The Morgan fingerprint density at radius 3 is 1.87 bits per heavy atom. The quantitative estimate of drug-likeness (QED) is 0.434. The van der Waals surface area contributed by atoms with Gasteiger partial charge in [0.05, 0.1) is 12.7 Å². The zero-order valence-corrected chi connectivity index (χ0v) is 13.0. The molecule has 0 heterocycles. The van der Waals surface area contributed by atoms with Gasteiger partial charge in [0, 0.05) is 0 Å². The van der Waals surface area contributed by atoms with Crippen LogP contribution in [0, 0.1) is 5.92 Å². The number of ether oxygens (including phenoxy) is 2. The van der Waals surface area contributed by atoms with E-state index in [1.165, 1.54) is 27.7 Å². The Morgan fingerprint density at radius 1 is 1.04 bits per heavy atom. The zero-order valence-electron chi connectivity index (χ0n) is 13.0. The van der Waals surface area contributed by atoms with Gasteiger partial charge in [0.15, 0.2) is 0 Å². The van der Waals surface area contributed by atoms with Crippen LogP contribution < -0.4 is 0 Å². The predicted molar refractivity (Wildman–Crippen MR) is 67.6 cm³/mol. The van der Waals surface area contributed by atoms with Crippen LogP contribution in [0.15, 0.2) is 0 Å². The van der Waals surface area contributed by atoms with Crippen LogP contribution in [0.2, 0.25) is 0 Å². The Hall–Kier alpha value is -1.45. The van der Waals surface area contributed by atoms with Crippen molar-refractivity contribution in [3.63, 3.8) is 0 Å². The number of aliphatic hydroxyl groups is 1. The maximum absolute atomic E-state index is 13.6. The fourth-order valence-corrected chi connectivity index (χ4v) is 1.24. The largest absolute Gasteiger partial charge is 0.463 e. The van der Waals surface area contributed by atoms with Crippen LogP contribution in [0.25, 0.3) is 0 Å². The van der Waals surface area contributed by atoms with Gasteiger partial charge >= 0.3 is 29.6 Å². The molecule has 0 aliphatic carbocycles. The van der Waals surface area contributed by atoms with Crippen molar-refractivity contribution >= 4 is 11.9 Å². The third-order valence-electron chi connectivity index (χ3n) is 2.83. The van der Waals surface area contributed by atoms with Gasteiger partial charge in [-0.15, -0.1) is 0 Å². The number of carbonyl (C=O) groups is 2. The molecule has 136 valence electrons. The fraction of sp³-hybridized carbons (Fsp3) is 0.846. The molecule has 2 unspecified atom stereocenters. The molecule has 5 nitrogen and oxygen atoms in total. The lowest BCUT2D eigenvalue weighted by atomic mass is 9.94. The molecule has 0 radical (unpaired) electrons. The van der Waals surface area contributed by atoms with E-state index >= 15 is 0 Å². The predicted octanol–water partition coefficient (Wildman–Crippen LogP) is 2.46. The molecule has 0 aliphatic rings. The number of hydrogen-bond donors (Lipinski definition) is 1. The normalized spacial score (nSPS) is 16.7. The van der Waals surface area contributed by atoms with Gasteiger partial charge in [-0.25, -0.2) is 9.59 Å². The average Bonchev–Trinajstić information content (AvgIpc) is 2.41. The first-order chi connectivity index (χ1) is 10.2. The van der Waals surface area contributed by atoms with Crippen LogP contribution >= 0.6 is 0 Å². The Bertz CT molecular complexity index is 435. The summed E-state index contributed by atoms with van der Waals surface area (Å²) in [6.07, 6.45) is -7.39. The first kappa shape index (κ1) is 21.6. The molecular formula is C13H19F5O5. The first-order valence-corrected chi connectivity index (χ1v) is 6.77. The van der Waals surface area contributed by atoms with Gasteiger partial charge in [-0.1, -0.05) is 20.8 Å². The summed E-state index contributed by atoms with van der Waals surface area (Å²) in [5.74, 6) is -11.3. The van der Waals surface area contributed by atoms with Crippen molar-refractivity contribution in [2.45, 2.75) is 57.9 Å². The summed E-state index contributed by atoms with van der Waals surface area (Å²) in [6.45, 7) is 5.04. The number of alkyl halides is 5. The van der Waals surface area contributed by atoms with E-state index in [-0.39, 0.29) is 6.42 Å².